The van der Waals surface area contributed by atoms with Gasteiger partial charge in [-0.05, 0) is 48.7 Å². The molecule has 2 aromatic carbocycles. The van der Waals surface area contributed by atoms with E-state index < -0.39 is 29.5 Å². The molecule has 1 saturated heterocycles. The molecule has 0 radical (unpaired) electrons. The van der Waals surface area contributed by atoms with Gasteiger partial charge in [0.25, 0.3) is 5.91 Å². The lowest BCUT2D eigenvalue weighted by Gasteiger charge is -2.34. The second-order valence-electron chi connectivity index (χ2n) is 9.21. The monoisotopic (exact) mass is 542 g/mol. The van der Waals surface area contributed by atoms with Gasteiger partial charge in [0.05, 0.1) is 18.9 Å². The van der Waals surface area contributed by atoms with Gasteiger partial charge in [0.1, 0.15) is 5.54 Å². The highest BCUT2D eigenvalue weighted by molar-refractivity contribution is 6.07. The number of rotatable bonds is 7. The summed E-state index contributed by atoms with van der Waals surface area (Å²) in [7, 11) is 0. The number of carbonyl (C=O) groups is 2. The minimum Gasteiger partial charge on any atom is -0.404 e. The van der Waals surface area contributed by atoms with Crippen molar-refractivity contribution in [2.45, 2.75) is 24.7 Å². The van der Waals surface area contributed by atoms with Crippen LogP contribution in [0.1, 0.15) is 23.2 Å². The summed E-state index contributed by atoms with van der Waals surface area (Å²) in [6.45, 7) is 2.04. The molecule has 0 bridgehead atoms. The van der Waals surface area contributed by atoms with Crippen LogP contribution in [0.15, 0.2) is 54.9 Å². The van der Waals surface area contributed by atoms with Crippen LogP contribution in [0, 0.1) is 0 Å². The highest BCUT2D eigenvalue weighted by Gasteiger charge is 2.54. The van der Waals surface area contributed by atoms with Crippen molar-refractivity contribution in [1.29, 1.82) is 0 Å². The van der Waals surface area contributed by atoms with E-state index in [0.717, 1.165) is 17.2 Å². The summed E-state index contributed by atoms with van der Waals surface area (Å²) in [4.78, 5) is 36.0. The van der Waals surface area contributed by atoms with Crippen LogP contribution in [0.3, 0.4) is 0 Å². The predicted octanol–water partition coefficient (Wildman–Crippen LogP) is 3.68. The Hall–Kier alpha value is -4.23. The van der Waals surface area contributed by atoms with Crippen LogP contribution >= 0.6 is 0 Å². The van der Waals surface area contributed by atoms with Crippen LogP contribution in [-0.4, -0.2) is 64.9 Å². The third-order valence-electron chi connectivity index (χ3n) is 6.63. The van der Waals surface area contributed by atoms with Gasteiger partial charge in [-0.1, -0.05) is 12.1 Å². The molecule has 1 aliphatic heterocycles. The van der Waals surface area contributed by atoms with Crippen LogP contribution in [0.4, 0.5) is 30.5 Å². The average Bonchev–Trinajstić information content (AvgIpc) is 3.73. The topological polar surface area (TPSA) is 132 Å². The summed E-state index contributed by atoms with van der Waals surface area (Å²) in [5.41, 5.74) is 6.46. The molecule has 204 valence electrons. The molecule has 3 aromatic rings. The van der Waals surface area contributed by atoms with Crippen molar-refractivity contribution >= 4 is 29.1 Å². The van der Waals surface area contributed by atoms with Crippen molar-refractivity contribution in [3.8, 4) is 16.9 Å². The van der Waals surface area contributed by atoms with E-state index in [9.17, 15) is 22.8 Å². The SMILES string of the molecule is Nc1ncc(-c2ccc(NC(=O)c3ccc(OC(F)(F)F)c(NC(=O)C4(N5CCOCC5)CC4)c3)cc2)cn1. The molecule has 1 aliphatic carbocycles. The second kappa shape index (κ2) is 10.5. The molecule has 1 saturated carbocycles. The van der Waals surface area contributed by atoms with E-state index in [-0.39, 0.29) is 17.2 Å². The summed E-state index contributed by atoms with van der Waals surface area (Å²) in [5, 5.41) is 5.28. The maximum Gasteiger partial charge on any atom is 0.573 e. The lowest BCUT2D eigenvalue weighted by atomic mass is 10.1. The van der Waals surface area contributed by atoms with E-state index in [4.69, 9.17) is 10.5 Å². The normalized spacial score (nSPS) is 16.8. The molecule has 39 heavy (non-hydrogen) atoms. The first-order valence-corrected chi connectivity index (χ1v) is 12.2. The van der Waals surface area contributed by atoms with Gasteiger partial charge in [0.2, 0.25) is 11.9 Å². The van der Waals surface area contributed by atoms with Crippen molar-refractivity contribution in [3.05, 3.63) is 60.4 Å². The number of nitrogens with two attached hydrogens (primary N) is 1. The number of hydrogen-bond donors (Lipinski definition) is 3. The molecule has 13 heteroatoms. The molecule has 4 N–H and O–H groups in total. The van der Waals surface area contributed by atoms with Gasteiger partial charge >= 0.3 is 6.36 Å². The number of alkyl halides is 3. The van der Waals surface area contributed by atoms with Gasteiger partial charge < -0.3 is 25.8 Å². The summed E-state index contributed by atoms with van der Waals surface area (Å²) >= 11 is 0. The quantitative estimate of drug-likeness (QED) is 0.412. The molecule has 2 fully saturated rings. The Labute approximate surface area is 221 Å². The number of benzene rings is 2. The van der Waals surface area contributed by atoms with Gasteiger partial charge in [-0.25, -0.2) is 9.97 Å². The van der Waals surface area contributed by atoms with Gasteiger partial charge in [0.15, 0.2) is 5.75 Å². The second-order valence-corrected chi connectivity index (χ2v) is 9.21. The Morgan fingerprint density at radius 2 is 1.64 bits per heavy atom. The van der Waals surface area contributed by atoms with E-state index in [1.807, 2.05) is 4.90 Å². The first-order chi connectivity index (χ1) is 18.6. The van der Waals surface area contributed by atoms with Gasteiger partial charge in [0, 0.05) is 42.3 Å². The Morgan fingerprint density at radius 3 is 2.26 bits per heavy atom. The highest BCUT2D eigenvalue weighted by atomic mass is 19.4. The largest absolute Gasteiger partial charge is 0.573 e. The van der Waals surface area contributed by atoms with Crippen LogP contribution in [0.5, 0.6) is 5.75 Å². The number of aromatic nitrogens is 2. The first-order valence-electron chi connectivity index (χ1n) is 12.2. The van der Waals surface area contributed by atoms with Gasteiger partial charge in [-0.15, -0.1) is 13.2 Å². The maximum atomic E-state index is 13.2. The highest BCUT2D eigenvalue weighted by Crippen LogP contribution is 2.44. The molecule has 0 atom stereocenters. The fraction of sp³-hybridized carbons (Fsp3) is 0.308. The van der Waals surface area contributed by atoms with E-state index in [2.05, 4.69) is 25.3 Å². The summed E-state index contributed by atoms with van der Waals surface area (Å²) in [5.74, 6) is -1.49. The lowest BCUT2D eigenvalue weighted by Crippen LogP contribution is -2.51. The summed E-state index contributed by atoms with van der Waals surface area (Å²) in [6, 6.07) is 10.2. The van der Waals surface area contributed by atoms with Crippen LogP contribution < -0.4 is 21.1 Å². The number of nitrogens with one attached hydrogen (secondary N) is 2. The van der Waals surface area contributed by atoms with E-state index in [0.29, 0.717) is 44.8 Å². The van der Waals surface area contributed by atoms with Crippen LogP contribution in [0.2, 0.25) is 0 Å². The van der Waals surface area contributed by atoms with E-state index in [1.165, 1.54) is 12.1 Å². The number of nitrogen functional groups attached to an aromatic ring is 1. The zero-order valence-electron chi connectivity index (χ0n) is 20.6. The number of amides is 2. The molecule has 10 nitrogen and oxygen atoms in total. The van der Waals surface area contributed by atoms with Gasteiger partial charge in [-0.3, -0.25) is 14.5 Å². The van der Waals surface area contributed by atoms with Gasteiger partial charge in [-0.2, -0.15) is 0 Å². The molecule has 1 aromatic heterocycles. The minimum atomic E-state index is -4.98. The van der Waals surface area contributed by atoms with Crippen molar-refractivity contribution in [1.82, 2.24) is 14.9 Å². The van der Waals surface area contributed by atoms with Crippen LogP contribution in [0.25, 0.3) is 11.1 Å². The maximum absolute atomic E-state index is 13.2. The fourth-order valence-corrected chi connectivity index (χ4v) is 4.45. The molecule has 5 rings (SSSR count). The molecule has 0 spiro atoms. The smallest absolute Gasteiger partial charge is 0.404 e. The first kappa shape index (κ1) is 26.4. The molecular weight excluding hydrogens is 517 g/mol. The number of hydrogen-bond acceptors (Lipinski definition) is 8. The van der Waals surface area contributed by atoms with Crippen molar-refractivity contribution in [2.75, 3.05) is 42.7 Å². The molecule has 2 aliphatic rings. The molecule has 2 amide bonds. The fourth-order valence-electron chi connectivity index (χ4n) is 4.45. The standard InChI is InChI=1S/C26H25F3N6O4/c27-26(28,29)39-21-6-3-17(13-20(21)34-23(37)25(7-8-25)35-9-11-38-12-10-35)22(36)33-19-4-1-16(2-5-19)18-14-31-24(30)32-15-18/h1-6,13-15H,7-12H2,(H,33,36)(H,34,37)(H2,30,31,32). The van der Waals surface area contributed by atoms with Crippen LogP contribution in [-0.2, 0) is 9.53 Å². The molecule has 0 unspecified atom stereocenters. The average molecular weight is 543 g/mol. The third kappa shape index (κ3) is 6.10. The number of ether oxygens (including phenoxy) is 2. The minimum absolute atomic E-state index is 0.0343. The predicted molar refractivity (Wildman–Crippen MR) is 136 cm³/mol. The zero-order chi connectivity index (χ0) is 27.6. The van der Waals surface area contributed by atoms with E-state index in [1.54, 1.807) is 36.7 Å². The Balaban J connectivity index is 1.33. The van der Waals surface area contributed by atoms with Crippen molar-refractivity contribution in [3.63, 3.8) is 0 Å². The number of halogens is 3. The Bertz CT molecular complexity index is 1360. The van der Waals surface area contributed by atoms with Crippen molar-refractivity contribution < 1.29 is 32.2 Å². The lowest BCUT2D eigenvalue weighted by molar-refractivity contribution is -0.274. The van der Waals surface area contributed by atoms with E-state index >= 15 is 0 Å². The Kier molecular flexibility index (Phi) is 7.10. The third-order valence-corrected chi connectivity index (χ3v) is 6.63. The zero-order valence-corrected chi connectivity index (χ0v) is 20.6. The number of nitrogens with zero attached hydrogens (tertiary/aromatic N) is 3. The summed E-state index contributed by atoms with van der Waals surface area (Å²) < 4.78 is 48.7. The number of morpholine rings is 1. The number of anilines is 3. The molecular formula is C26H25F3N6O4. The Morgan fingerprint density at radius 1 is 0.974 bits per heavy atom. The number of carbonyl (C=O) groups excluding carboxylic acids is 2. The molecule has 2 heterocycles. The summed E-state index contributed by atoms with van der Waals surface area (Å²) in [6.07, 6.45) is -0.690. The van der Waals surface area contributed by atoms with Crippen molar-refractivity contribution in [2.24, 2.45) is 0 Å².